The second kappa shape index (κ2) is 7.03. The summed E-state index contributed by atoms with van der Waals surface area (Å²) in [6.07, 6.45) is 6.87. The fourth-order valence-electron chi connectivity index (χ4n) is 3.16. The van der Waals surface area contributed by atoms with Gasteiger partial charge >= 0.3 is 0 Å². The van der Waals surface area contributed by atoms with Gasteiger partial charge in [0.1, 0.15) is 5.76 Å². The lowest BCUT2D eigenvalue weighted by molar-refractivity contribution is 0.0946. The number of hydrogen-bond acceptors (Lipinski definition) is 6. The van der Waals surface area contributed by atoms with Crippen LogP contribution in [0.4, 0.5) is 5.69 Å². The molecule has 1 amide bonds. The maximum Gasteiger partial charge on any atom is 0.273 e. The molecular formula is C17H19N5O4S. The Morgan fingerprint density at radius 2 is 2.11 bits per heavy atom. The number of sulfonamides is 1. The van der Waals surface area contributed by atoms with E-state index in [9.17, 15) is 13.2 Å². The predicted octanol–water partition coefficient (Wildman–Crippen LogP) is 1.37. The Bertz CT molecular complexity index is 1090. The third-order valence-electron chi connectivity index (χ3n) is 4.49. The predicted molar refractivity (Wildman–Crippen MR) is 98.1 cm³/mol. The van der Waals surface area contributed by atoms with Crippen molar-refractivity contribution in [1.29, 1.82) is 0 Å². The summed E-state index contributed by atoms with van der Waals surface area (Å²) in [4.78, 5) is 12.3. The lowest BCUT2D eigenvalue weighted by Crippen LogP contribution is -2.32. The zero-order valence-corrected chi connectivity index (χ0v) is 15.3. The molecule has 3 heterocycles. The minimum atomic E-state index is -3.61. The van der Waals surface area contributed by atoms with Gasteiger partial charge in [0.25, 0.3) is 5.91 Å². The highest BCUT2D eigenvalue weighted by Gasteiger charge is 2.24. The Balaban J connectivity index is 1.35. The Morgan fingerprint density at radius 3 is 3.00 bits per heavy atom. The monoisotopic (exact) mass is 389 g/mol. The topological polar surface area (TPSA) is 119 Å². The van der Waals surface area contributed by atoms with Crippen molar-refractivity contribution >= 4 is 27.1 Å². The van der Waals surface area contributed by atoms with Crippen LogP contribution in [-0.4, -0.2) is 41.4 Å². The van der Waals surface area contributed by atoms with E-state index in [1.54, 1.807) is 35.1 Å². The molecule has 2 N–H and O–H groups in total. The number of fused-ring (bicyclic) bond motifs is 2. The smallest absolute Gasteiger partial charge is 0.273 e. The molecule has 3 aromatic heterocycles. The fraction of sp³-hybridized carbons (Fsp3) is 0.353. The summed E-state index contributed by atoms with van der Waals surface area (Å²) >= 11 is 0. The number of rotatable bonds is 6. The summed E-state index contributed by atoms with van der Waals surface area (Å²) in [6, 6.07) is 5.08. The van der Waals surface area contributed by atoms with Crippen molar-refractivity contribution in [1.82, 2.24) is 20.1 Å². The molecule has 0 spiro atoms. The van der Waals surface area contributed by atoms with E-state index in [2.05, 4.69) is 20.3 Å². The maximum atomic E-state index is 12.3. The highest BCUT2D eigenvalue weighted by atomic mass is 32.2. The van der Waals surface area contributed by atoms with Crippen LogP contribution in [0.15, 0.2) is 35.1 Å². The van der Waals surface area contributed by atoms with Crippen LogP contribution in [0.5, 0.6) is 0 Å². The fourth-order valence-corrected chi connectivity index (χ4v) is 4.12. The van der Waals surface area contributed by atoms with Gasteiger partial charge in [-0.15, -0.1) is 0 Å². The van der Waals surface area contributed by atoms with Gasteiger partial charge in [-0.1, -0.05) is 5.16 Å². The molecule has 1 aliphatic carbocycles. The summed E-state index contributed by atoms with van der Waals surface area (Å²) in [6.45, 7) is -0.0231. The normalized spacial score (nSPS) is 14.1. The van der Waals surface area contributed by atoms with E-state index in [0.717, 1.165) is 42.5 Å². The summed E-state index contributed by atoms with van der Waals surface area (Å²) in [5.41, 5.74) is 2.33. The number of carbonyl (C=O) groups is 1. The van der Waals surface area contributed by atoms with Gasteiger partial charge in [0.15, 0.2) is 5.69 Å². The molecule has 0 saturated heterocycles. The lowest BCUT2D eigenvalue weighted by atomic mass is 9.96. The van der Waals surface area contributed by atoms with Crippen LogP contribution in [-0.2, 0) is 22.9 Å². The number of nitrogens with zero attached hydrogens (tertiary/aromatic N) is 3. The molecule has 0 fully saturated rings. The molecule has 0 bridgehead atoms. The van der Waals surface area contributed by atoms with Crippen molar-refractivity contribution in [3.05, 3.63) is 47.6 Å². The summed E-state index contributed by atoms with van der Waals surface area (Å²) in [5, 5.41) is 10.5. The molecular weight excluding hydrogens is 370 g/mol. The molecule has 27 heavy (non-hydrogen) atoms. The molecule has 10 heteroatoms. The van der Waals surface area contributed by atoms with Crippen molar-refractivity contribution in [2.75, 3.05) is 17.0 Å². The van der Waals surface area contributed by atoms with Gasteiger partial charge in [0.2, 0.25) is 10.0 Å². The van der Waals surface area contributed by atoms with Gasteiger partial charge in [-0.05, 0) is 37.5 Å². The summed E-state index contributed by atoms with van der Waals surface area (Å²) in [5.74, 6) is 0.109. The molecule has 0 radical (unpaired) electrons. The van der Waals surface area contributed by atoms with Crippen molar-refractivity contribution in [3.63, 3.8) is 0 Å². The first-order chi connectivity index (χ1) is 13.0. The van der Waals surface area contributed by atoms with Crippen LogP contribution in [0, 0.1) is 0 Å². The molecule has 0 aromatic carbocycles. The van der Waals surface area contributed by atoms with E-state index < -0.39 is 15.9 Å². The van der Waals surface area contributed by atoms with Crippen molar-refractivity contribution in [2.24, 2.45) is 0 Å². The van der Waals surface area contributed by atoms with Gasteiger partial charge in [-0.25, -0.2) is 12.9 Å². The number of carbonyl (C=O) groups excluding carboxylic acids is 1. The SMILES string of the molecule is O=C(NCCS(=O)(=O)Nc1ccn2nccc2c1)c1noc2c1CCCC2. The second-order valence-electron chi connectivity index (χ2n) is 6.43. The zero-order chi connectivity index (χ0) is 18.9. The number of amides is 1. The van der Waals surface area contributed by atoms with E-state index in [1.807, 2.05) is 0 Å². The first-order valence-corrected chi connectivity index (χ1v) is 10.4. The van der Waals surface area contributed by atoms with E-state index in [-0.39, 0.29) is 18.0 Å². The minimum absolute atomic E-state index is 0.0231. The molecule has 0 unspecified atom stereocenters. The number of anilines is 1. The summed E-state index contributed by atoms with van der Waals surface area (Å²) in [7, 11) is -3.61. The highest BCUT2D eigenvalue weighted by Crippen LogP contribution is 2.24. The Hall–Kier alpha value is -2.88. The van der Waals surface area contributed by atoms with Gasteiger partial charge in [-0.2, -0.15) is 5.10 Å². The standard InChI is InChI=1S/C17H19N5O4S/c23-17(16-14-3-1-2-4-15(14)26-20-16)18-8-10-27(24,25)21-12-6-9-22-13(11-12)5-7-19-22/h5-7,9,11,21H,1-4,8,10H2,(H,18,23). The van der Waals surface area contributed by atoms with Crippen molar-refractivity contribution in [3.8, 4) is 0 Å². The Labute approximate surface area is 155 Å². The lowest BCUT2D eigenvalue weighted by Gasteiger charge is -2.10. The Kier molecular flexibility index (Phi) is 4.56. The molecule has 9 nitrogen and oxygen atoms in total. The molecule has 4 rings (SSSR count). The van der Waals surface area contributed by atoms with E-state index in [1.165, 1.54) is 0 Å². The van der Waals surface area contributed by atoms with Crippen LogP contribution in [0.1, 0.15) is 34.7 Å². The number of hydrogen-bond donors (Lipinski definition) is 2. The average Bonchev–Trinajstić information content (AvgIpc) is 3.27. The molecule has 0 aliphatic heterocycles. The minimum Gasteiger partial charge on any atom is -0.360 e. The zero-order valence-electron chi connectivity index (χ0n) is 14.5. The third kappa shape index (κ3) is 3.80. The number of nitrogens with one attached hydrogen (secondary N) is 2. The quantitative estimate of drug-likeness (QED) is 0.657. The molecule has 0 atom stereocenters. The van der Waals surface area contributed by atoms with Crippen molar-refractivity contribution < 1.29 is 17.7 Å². The molecule has 3 aromatic rings. The average molecular weight is 389 g/mol. The van der Waals surface area contributed by atoms with Crippen LogP contribution in [0.2, 0.25) is 0 Å². The van der Waals surface area contributed by atoms with E-state index in [0.29, 0.717) is 5.69 Å². The molecule has 0 saturated carbocycles. The van der Waals surface area contributed by atoms with Gasteiger partial charge in [0, 0.05) is 30.9 Å². The van der Waals surface area contributed by atoms with Crippen LogP contribution >= 0.6 is 0 Å². The highest BCUT2D eigenvalue weighted by molar-refractivity contribution is 7.92. The number of aryl methyl sites for hydroxylation is 1. The van der Waals surface area contributed by atoms with Crippen LogP contribution < -0.4 is 10.0 Å². The second-order valence-corrected chi connectivity index (χ2v) is 8.27. The first kappa shape index (κ1) is 17.5. The summed E-state index contributed by atoms with van der Waals surface area (Å²) < 4.78 is 33.9. The maximum absolute atomic E-state index is 12.3. The van der Waals surface area contributed by atoms with E-state index >= 15 is 0 Å². The van der Waals surface area contributed by atoms with Crippen LogP contribution in [0.25, 0.3) is 5.52 Å². The van der Waals surface area contributed by atoms with Gasteiger partial charge in [-0.3, -0.25) is 9.52 Å². The molecule has 142 valence electrons. The van der Waals surface area contributed by atoms with Crippen LogP contribution in [0.3, 0.4) is 0 Å². The first-order valence-electron chi connectivity index (χ1n) is 8.71. The number of pyridine rings is 1. The van der Waals surface area contributed by atoms with Gasteiger partial charge < -0.3 is 9.84 Å². The third-order valence-corrected chi connectivity index (χ3v) is 5.78. The Morgan fingerprint density at radius 1 is 1.26 bits per heavy atom. The van der Waals surface area contributed by atoms with E-state index in [4.69, 9.17) is 4.52 Å². The molecule has 1 aliphatic rings. The largest absolute Gasteiger partial charge is 0.360 e. The van der Waals surface area contributed by atoms with Gasteiger partial charge in [0.05, 0.1) is 17.0 Å². The van der Waals surface area contributed by atoms with Crippen molar-refractivity contribution in [2.45, 2.75) is 25.7 Å². The number of aromatic nitrogens is 3.